The summed E-state index contributed by atoms with van der Waals surface area (Å²) < 4.78 is 5.17. The molecule has 1 amide bonds. The topological polar surface area (TPSA) is 75.6 Å². The predicted molar refractivity (Wildman–Crippen MR) is 55.9 cm³/mol. The van der Waals surface area contributed by atoms with Gasteiger partial charge in [0.05, 0.1) is 0 Å². The Bertz CT molecular complexity index is 304. The third kappa shape index (κ3) is 2.35. The van der Waals surface area contributed by atoms with E-state index in [9.17, 15) is 9.59 Å². The maximum Gasteiger partial charge on any atom is 0.332 e. The quantitative estimate of drug-likeness (QED) is 0.734. The number of nitrogens with one attached hydrogen (secondary N) is 1. The zero-order valence-electron chi connectivity index (χ0n) is 9.31. The standard InChI is InChI=1S/C11H17NO4/c1-2-6-5-7(6)12-10(13)8-3-4-9(16-8)11(14)15/h6-9H,2-5H2,1H3,(H,12,13)(H,14,15). The normalized spacial score (nSPS) is 37.1. The van der Waals surface area contributed by atoms with Crippen LogP contribution in [0.1, 0.15) is 32.6 Å². The van der Waals surface area contributed by atoms with E-state index in [1.165, 1.54) is 0 Å². The summed E-state index contributed by atoms with van der Waals surface area (Å²) in [4.78, 5) is 22.3. The highest BCUT2D eigenvalue weighted by Crippen LogP contribution is 2.33. The Labute approximate surface area is 94.2 Å². The van der Waals surface area contributed by atoms with E-state index in [4.69, 9.17) is 9.84 Å². The fourth-order valence-corrected chi connectivity index (χ4v) is 2.16. The molecule has 0 aromatic heterocycles. The average molecular weight is 227 g/mol. The second-order valence-corrected chi connectivity index (χ2v) is 4.55. The van der Waals surface area contributed by atoms with Crippen molar-refractivity contribution in [1.29, 1.82) is 0 Å². The molecule has 2 aliphatic rings. The molecule has 2 rings (SSSR count). The van der Waals surface area contributed by atoms with E-state index in [0.717, 1.165) is 12.8 Å². The summed E-state index contributed by atoms with van der Waals surface area (Å²) in [6.07, 6.45) is 1.67. The van der Waals surface area contributed by atoms with Crippen LogP contribution < -0.4 is 5.32 Å². The molecule has 5 nitrogen and oxygen atoms in total. The van der Waals surface area contributed by atoms with Gasteiger partial charge < -0.3 is 15.2 Å². The highest BCUT2D eigenvalue weighted by molar-refractivity contribution is 5.83. The summed E-state index contributed by atoms with van der Waals surface area (Å²) >= 11 is 0. The van der Waals surface area contributed by atoms with Crippen LogP contribution in [0.2, 0.25) is 0 Å². The van der Waals surface area contributed by atoms with E-state index < -0.39 is 18.2 Å². The summed E-state index contributed by atoms with van der Waals surface area (Å²) in [6.45, 7) is 2.10. The van der Waals surface area contributed by atoms with E-state index in [1.807, 2.05) is 0 Å². The average Bonchev–Trinajstić information content (AvgIpc) is 2.80. The van der Waals surface area contributed by atoms with E-state index in [-0.39, 0.29) is 11.9 Å². The van der Waals surface area contributed by atoms with E-state index >= 15 is 0 Å². The molecule has 0 radical (unpaired) electrons. The Morgan fingerprint density at radius 1 is 1.38 bits per heavy atom. The van der Waals surface area contributed by atoms with Gasteiger partial charge in [0.2, 0.25) is 5.91 Å². The summed E-state index contributed by atoms with van der Waals surface area (Å²) in [5, 5.41) is 11.6. The second kappa shape index (κ2) is 4.41. The molecule has 1 saturated carbocycles. The molecule has 4 unspecified atom stereocenters. The van der Waals surface area contributed by atoms with Gasteiger partial charge in [-0.25, -0.2) is 4.79 Å². The van der Waals surface area contributed by atoms with Crippen LogP contribution in [0.5, 0.6) is 0 Å². The van der Waals surface area contributed by atoms with Crippen LogP contribution in [0.25, 0.3) is 0 Å². The maximum atomic E-state index is 11.7. The molecule has 0 bridgehead atoms. The van der Waals surface area contributed by atoms with Gasteiger partial charge >= 0.3 is 5.97 Å². The van der Waals surface area contributed by atoms with Crippen LogP contribution in [0.4, 0.5) is 0 Å². The molecular formula is C11H17NO4. The number of carbonyl (C=O) groups is 2. The van der Waals surface area contributed by atoms with Gasteiger partial charge in [-0.1, -0.05) is 13.3 Å². The molecule has 5 heteroatoms. The lowest BCUT2D eigenvalue weighted by Crippen LogP contribution is -2.37. The first-order valence-electron chi connectivity index (χ1n) is 5.80. The van der Waals surface area contributed by atoms with Crippen molar-refractivity contribution in [1.82, 2.24) is 5.32 Å². The number of rotatable bonds is 4. The second-order valence-electron chi connectivity index (χ2n) is 4.55. The van der Waals surface area contributed by atoms with Gasteiger partial charge in [0.1, 0.15) is 6.10 Å². The van der Waals surface area contributed by atoms with E-state index in [1.54, 1.807) is 0 Å². The first kappa shape index (κ1) is 11.4. The molecule has 0 aromatic rings. The molecule has 4 atom stereocenters. The van der Waals surface area contributed by atoms with Crippen molar-refractivity contribution in [2.45, 2.75) is 50.9 Å². The number of hydrogen-bond donors (Lipinski definition) is 2. The predicted octanol–water partition coefficient (Wildman–Crippen LogP) is 0.533. The molecule has 16 heavy (non-hydrogen) atoms. The number of ether oxygens (including phenoxy) is 1. The minimum atomic E-state index is -0.979. The van der Waals surface area contributed by atoms with Crippen molar-refractivity contribution in [3.05, 3.63) is 0 Å². The molecule has 2 fully saturated rings. The van der Waals surface area contributed by atoms with E-state index in [2.05, 4.69) is 12.2 Å². The minimum Gasteiger partial charge on any atom is -0.479 e. The fourth-order valence-electron chi connectivity index (χ4n) is 2.16. The van der Waals surface area contributed by atoms with Gasteiger partial charge in [0, 0.05) is 6.04 Å². The molecular weight excluding hydrogens is 210 g/mol. The highest BCUT2D eigenvalue weighted by Gasteiger charge is 2.40. The summed E-state index contributed by atoms with van der Waals surface area (Å²) in [7, 11) is 0. The summed E-state index contributed by atoms with van der Waals surface area (Å²) in [6, 6.07) is 0.282. The van der Waals surface area contributed by atoms with Crippen molar-refractivity contribution in [2.75, 3.05) is 0 Å². The lowest BCUT2D eigenvalue weighted by Gasteiger charge is -2.11. The number of hydrogen-bond acceptors (Lipinski definition) is 3. The first-order chi connectivity index (χ1) is 7.61. The first-order valence-corrected chi connectivity index (χ1v) is 5.80. The monoisotopic (exact) mass is 227 g/mol. The van der Waals surface area contributed by atoms with Gasteiger partial charge in [0.15, 0.2) is 6.10 Å². The Kier molecular flexibility index (Phi) is 3.14. The van der Waals surface area contributed by atoms with Crippen LogP contribution in [0, 0.1) is 5.92 Å². The van der Waals surface area contributed by atoms with Crippen LogP contribution in [-0.2, 0) is 14.3 Å². The number of carbonyl (C=O) groups excluding carboxylic acids is 1. The van der Waals surface area contributed by atoms with Crippen LogP contribution >= 0.6 is 0 Å². The van der Waals surface area contributed by atoms with Gasteiger partial charge in [-0.05, 0) is 25.2 Å². The number of carboxylic acid groups (broad SMARTS) is 1. The third-order valence-electron chi connectivity index (χ3n) is 3.36. The van der Waals surface area contributed by atoms with Crippen LogP contribution in [0.3, 0.4) is 0 Å². The molecule has 2 N–H and O–H groups in total. The Balaban J connectivity index is 1.77. The minimum absolute atomic E-state index is 0.148. The molecule has 1 saturated heterocycles. The molecule has 1 aliphatic carbocycles. The maximum absolute atomic E-state index is 11.7. The smallest absolute Gasteiger partial charge is 0.332 e. The number of aliphatic carboxylic acids is 1. The lowest BCUT2D eigenvalue weighted by atomic mass is 10.2. The van der Waals surface area contributed by atoms with Crippen molar-refractivity contribution in [3.63, 3.8) is 0 Å². The summed E-state index contributed by atoms with van der Waals surface area (Å²) in [5.74, 6) is -0.529. The Morgan fingerprint density at radius 2 is 2.06 bits per heavy atom. The zero-order valence-corrected chi connectivity index (χ0v) is 9.31. The molecule has 0 aromatic carbocycles. The summed E-state index contributed by atoms with van der Waals surface area (Å²) in [5.41, 5.74) is 0. The van der Waals surface area contributed by atoms with Crippen molar-refractivity contribution >= 4 is 11.9 Å². The van der Waals surface area contributed by atoms with Crippen molar-refractivity contribution in [3.8, 4) is 0 Å². The molecule has 0 spiro atoms. The Hall–Kier alpha value is -1.10. The molecule has 1 heterocycles. The number of amides is 1. The van der Waals surface area contributed by atoms with Gasteiger partial charge in [-0.2, -0.15) is 0 Å². The van der Waals surface area contributed by atoms with Crippen molar-refractivity contribution < 1.29 is 19.4 Å². The van der Waals surface area contributed by atoms with E-state index in [0.29, 0.717) is 18.8 Å². The molecule has 90 valence electrons. The highest BCUT2D eigenvalue weighted by atomic mass is 16.5. The SMILES string of the molecule is CCC1CC1NC(=O)C1CCC(C(=O)O)O1. The zero-order chi connectivity index (χ0) is 11.7. The van der Waals surface area contributed by atoms with Crippen LogP contribution in [-0.4, -0.2) is 35.2 Å². The fraction of sp³-hybridized carbons (Fsp3) is 0.818. The third-order valence-corrected chi connectivity index (χ3v) is 3.36. The number of carboxylic acids is 1. The van der Waals surface area contributed by atoms with Gasteiger partial charge in [0.25, 0.3) is 0 Å². The van der Waals surface area contributed by atoms with Gasteiger partial charge in [-0.15, -0.1) is 0 Å². The van der Waals surface area contributed by atoms with Gasteiger partial charge in [-0.3, -0.25) is 4.79 Å². The Morgan fingerprint density at radius 3 is 2.56 bits per heavy atom. The van der Waals surface area contributed by atoms with Crippen molar-refractivity contribution in [2.24, 2.45) is 5.92 Å². The molecule has 1 aliphatic heterocycles. The lowest BCUT2D eigenvalue weighted by molar-refractivity contribution is -0.151. The van der Waals surface area contributed by atoms with Crippen LogP contribution in [0.15, 0.2) is 0 Å². The largest absolute Gasteiger partial charge is 0.479 e.